The third-order valence-electron chi connectivity index (χ3n) is 3.32. The Bertz CT molecular complexity index is 462. The molecule has 0 saturated heterocycles. The van der Waals surface area contributed by atoms with Crippen LogP contribution in [0.5, 0.6) is 0 Å². The Balaban J connectivity index is 2.43. The Kier molecular flexibility index (Phi) is 3.05. The zero-order valence-corrected chi connectivity index (χ0v) is 10.3. The molecule has 0 spiro atoms. The van der Waals surface area contributed by atoms with Crippen molar-refractivity contribution in [1.82, 2.24) is 4.90 Å². The molecule has 0 radical (unpaired) electrons. The molecule has 1 aliphatic rings. The third kappa shape index (κ3) is 2.12. The summed E-state index contributed by atoms with van der Waals surface area (Å²) < 4.78 is 0. The summed E-state index contributed by atoms with van der Waals surface area (Å²) >= 11 is 0. The zero-order chi connectivity index (χ0) is 12.5. The number of nitrogens with two attached hydrogens (primary N) is 2. The lowest BCUT2D eigenvalue weighted by atomic mass is 9.82. The molecule has 0 amide bonds. The van der Waals surface area contributed by atoms with Crippen LogP contribution in [-0.2, 0) is 0 Å². The summed E-state index contributed by atoms with van der Waals surface area (Å²) in [6.45, 7) is 0. The average Bonchev–Trinajstić information content (AvgIpc) is 2.29. The summed E-state index contributed by atoms with van der Waals surface area (Å²) in [7, 11) is 3.98. The van der Waals surface area contributed by atoms with Gasteiger partial charge in [0.05, 0.1) is 5.66 Å². The number of hydrogen-bond donors (Lipinski definition) is 2. The van der Waals surface area contributed by atoms with Gasteiger partial charge >= 0.3 is 0 Å². The maximum absolute atomic E-state index is 6.48. The molecule has 4 N–H and O–H groups in total. The summed E-state index contributed by atoms with van der Waals surface area (Å²) in [6, 6.07) is 7.90. The molecule has 0 heterocycles. The third-order valence-corrected chi connectivity index (χ3v) is 3.32. The Morgan fingerprint density at radius 2 is 2.00 bits per heavy atom. The van der Waals surface area contributed by atoms with Crippen LogP contribution in [0.4, 0.5) is 5.69 Å². The van der Waals surface area contributed by atoms with Crippen molar-refractivity contribution in [2.75, 3.05) is 19.8 Å². The first-order chi connectivity index (χ1) is 8.04. The fourth-order valence-electron chi connectivity index (χ4n) is 2.20. The van der Waals surface area contributed by atoms with Gasteiger partial charge in [-0.05, 0) is 37.9 Å². The maximum atomic E-state index is 6.48. The molecule has 3 nitrogen and oxygen atoms in total. The Hall–Kier alpha value is -1.58. The van der Waals surface area contributed by atoms with Gasteiger partial charge in [-0.2, -0.15) is 0 Å². The number of benzene rings is 1. The maximum Gasteiger partial charge on any atom is 0.0983 e. The first kappa shape index (κ1) is 11.9. The quantitative estimate of drug-likeness (QED) is 0.599. The van der Waals surface area contributed by atoms with Gasteiger partial charge in [0.2, 0.25) is 0 Å². The van der Waals surface area contributed by atoms with Gasteiger partial charge in [0.1, 0.15) is 0 Å². The Morgan fingerprint density at radius 3 is 2.65 bits per heavy atom. The van der Waals surface area contributed by atoms with Crippen molar-refractivity contribution in [2.45, 2.75) is 11.6 Å². The van der Waals surface area contributed by atoms with E-state index in [9.17, 15) is 0 Å². The highest BCUT2D eigenvalue weighted by Gasteiger charge is 2.35. The van der Waals surface area contributed by atoms with Gasteiger partial charge in [-0.3, -0.25) is 4.90 Å². The number of nitrogens with zero attached hydrogens (tertiary/aromatic N) is 1. The Morgan fingerprint density at radius 1 is 1.24 bits per heavy atom. The average molecular weight is 229 g/mol. The normalized spacial score (nSPS) is 27.6. The Labute approximate surface area is 102 Å². The van der Waals surface area contributed by atoms with Crippen molar-refractivity contribution >= 4 is 5.69 Å². The molecule has 2 rings (SSSR count). The van der Waals surface area contributed by atoms with E-state index in [4.69, 9.17) is 11.5 Å². The highest BCUT2D eigenvalue weighted by Crippen LogP contribution is 2.33. The highest BCUT2D eigenvalue weighted by molar-refractivity contribution is 5.45. The molecule has 3 heteroatoms. The lowest BCUT2D eigenvalue weighted by Crippen LogP contribution is -2.55. The standard InChI is InChI=1S/C14H19N3/c1-17(2)14(16)9-4-3-8-13(14)11-6-5-7-12(15)10-11/h3-10,13H,15-16H2,1-2H3. The van der Waals surface area contributed by atoms with E-state index in [0.717, 1.165) is 11.3 Å². The molecule has 1 aliphatic carbocycles. The van der Waals surface area contributed by atoms with E-state index in [1.54, 1.807) is 0 Å². The van der Waals surface area contributed by atoms with Crippen molar-refractivity contribution < 1.29 is 0 Å². The largest absolute Gasteiger partial charge is 0.399 e. The van der Waals surface area contributed by atoms with Gasteiger partial charge in [-0.25, -0.2) is 0 Å². The summed E-state index contributed by atoms with van der Waals surface area (Å²) in [5, 5.41) is 0. The second-order valence-electron chi connectivity index (χ2n) is 4.67. The van der Waals surface area contributed by atoms with E-state index in [-0.39, 0.29) is 5.92 Å². The van der Waals surface area contributed by atoms with Gasteiger partial charge in [0.25, 0.3) is 0 Å². The van der Waals surface area contributed by atoms with Crippen molar-refractivity contribution in [2.24, 2.45) is 5.73 Å². The molecule has 0 saturated carbocycles. The molecule has 0 aromatic heterocycles. The summed E-state index contributed by atoms with van der Waals surface area (Å²) in [6.07, 6.45) is 8.17. The van der Waals surface area contributed by atoms with Crippen LogP contribution in [0.2, 0.25) is 0 Å². The second kappa shape index (κ2) is 4.35. The number of rotatable bonds is 2. The fraction of sp³-hybridized carbons (Fsp3) is 0.286. The van der Waals surface area contributed by atoms with Crippen LogP contribution < -0.4 is 11.5 Å². The second-order valence-corrected chi connectivity index (χ2v) is 4.67. The van der Waals surface area contributed by atoms with Crippen molar-refractivity contribution in [3.05, 3.63) is 54.1 Å². The summed E-state index contributed by atoms with van der Waals surface area (Å²) in [4.78, 5) is 2.03. The van der Waals surface area contributed by atoms with Crippen LogP contribution >= 0.6 is 0 Å². The van der Waals surface area contributed by atoms with Crippen molar-refractivity contribution in [3.63, 3.8) is 0 Å². The van der Waals surface area contributed by atoms with Crippen LogP contribution in [-0.4, -0.2) is 24.7 Å². The van der Waals surface area contributed by atoms with Crippen LogP contribution in [0.25, 0.3) is 0 Å². The van der Waals surface area contributed by atoms with E-state index >= 15 is 0 Å². The van der Waals surface area contributed by atoms with Crippen molar-refractivity contribution in [1.29, 1.82) is 0 Å². The monoisotopic (exact) mass is 229 g/mol. The van der Waals surface area contributed by atoms with Gasteiger partial charge in [0, 0.05) is 11.6 Å². The molecule has 90 valence electrons. The van der Waals surface area contributed by atoms with Crippen LogP contribution in [0.1, 0.15) is 11.5 Å². The lowest BCUT2D eigenvalue weighted by Gasteiger charge is -2.41. The molecule has 1 aromatic carbocycles. The van der Waals surface area contributed by atoms with Crippen LogP contribution in [0, 0.1) is 0 Å². The molecular weight excluding hydrogens is 210 g/mol. The van der Waals surface area contributed by atoms with E-state index in [2.05, 4.69) is 12.1 Å². The SMILES string of the molecule is CN(C)C1(N)C=CC=CC1c1cccc(N)c1. The molecule has 0 bridgehead atoms. The lowest BCUT2D eigenvalue weighted by molar-refractivity contribution is 0.193. The zero-order valence-electron chi connectivity index (χ0n) is 10.3. The molecule has 2 unspecified atom stereocenters. The molecule has 0 aliphatic heterocycles. The number of hydrogen-bond acceptors (Lipinski definition) is 3. The predicted molar refractivity (Wildman–Crippen MR) is 72.5 cm³/mol. The molecular formula is C14H19N3. The van der Waals surface area contributed by atoms with Gasteiger partial charge in [-0.15, -0.1) is 0 Å². The first-order valence-corrected chi connectivity index (χ1v) is 5.72. The van der Waals surface area contributed by atoms with Crippen LogP contribution in [0.15, 0.2) is 48.6 Å². The summed E-state index contributed by atoms with van der Waals surface area (Å²) in [5.74, 6) is 0.117. The minimum atomic E-state index is -0.497. The first-order valence-electron chi connectivity index (χ1n) is 5.72. The van der Waals surface area contributed by atoms with E-state index in [0.29, 0.717) is 0 Å². The van der Waals surface area contributed by atoms with Crippen molar-refractivity contribution in [3.8, 4) is 0 Å². The van der Waals surface area contributed by atoms with Gasteiger partial charge < -0.3 is 11.5 Å². The van der Waals surface area contributed by atoms with Gasteiger partial charge in [-0.1, -0.05) is 30.4 Å². The van der Waals surface area contributed by atoms with E-state index in [1.165, 1.54) is 0 Å². The highest BCUT2D eigenvalue weighted by atomic mass is 15.2. The molecule has 0 fully saturated rings. The van der Waals surface area contributed by atoms with E-state index < -0.39 is 5.66 Å². The smallest absolute Gasteiger partial charge is 0.0983 e. The minimum Gasteiger partial charge on any atom is -0.399 e. The molecule has 2 atom stereocenters. The van der Waals surface area contributed by atoms with E-state index in [1.807, 2.05) is 55.4 Å². The topological polar surface area (TPSA) is 55.3 Å². The molecule has 1 aromatic rings. The number of allylic oxidation sites excluding steroid dienone is 2. The number of likely N-dealkylation sites (N-methyl/N-ethyl adjacent to an activating group) is 1. The summed E-state index contributed by atoms with van der Waals surface area (Å²) in [5.41, 5.74) is 13.7. The number of anilines is 1. The minimum absolute atomic E-state index is 0.117. The fourth-order valence-corrected chi connectivity index (χ4v) is 2.20. The number of nitrogen functional groups attached to an aromatic ring is 1. The molecule has 17 heavy (non-hydrogen) atoms. The van der Waals surface area contributed by atoms with Gasteiger partial charge in [0.15, 0.2) is 0 Å². The van der Waals surface area contributed by atoms with Crippen LogP contribution in [0.3, 0.4) is 0 Å². The predicted octanol–water partition coefficient (Wildman–Crippen LogP) is 1.69.